The molecule has 1 aliphatic heterocycles. The fourth-order valence-corrected chi connectivity index (χ4v) is 5.12. The summed E-state index contributed by atoms with van der Waals surface area (Å²) in [5, 5.41) is 4.10. The Morgan fingerprint density at radius 2 is 2.05 bits per heavy atom. The second kappa shape index (κ2) is 5.85. The van der Waals surface area contributed by atoms with E-state index >= 15 is 0 Å². The van der Waals surface area contributed by atoms with Crippen LogP contribution >= 0.6 is 0 Å². The Kier molecular flexibility index (Phi) is 4.40. The highest BCUT2D eigenvalue weighted by Gasteiger charge is 2.46. The smallest absolute Gasteiger partial charge is 0.0729 e. The van der Waals surface area contributed by atoms with Gasteiger partial charge in [-0.15, -0.1) is 0 Å². The van der Waals surface area contributed by atoms with Crippen LogP contribution in [0.15, 0.2) is 0 Å². The van der Waals surface area contributed by atoms with Gasteiger partial charge in [0.05, 0.1) is 12.7 Å². The van der Waals surface area contributed by atoms with E-state index in [9.17, 15) is 0 Å². The van der Waals surface area contributed by atoms with E-state index < -0.39 is 0 Å². The molecule has 0 aromatic carbocycles. The molecule has 5 unspecified atom stereocenters. The summed E-state index contributed by atoms with van der Waals surface area (Å²) < 4.78 is 6.36. The van der Waals surface area contributed by atoms with Gasteiger partial charge in [0.25, 0.3) is 0 Å². The maximum atomic E-state index is 6.36. The first-order valence-electron chi connectivity index (χ1n) is 9.33. The standard InChI is InChI=1S/C19H35NO/c1-5-18(3,4)15-8-9-17-16(11-15)20-19(13-21-17)10-6-7-14(2)12-19/h14-17,20H,5-13H2,1-4H3. The molecule has 2 aliphatic carbocycles. The first-order valence-corrected chi connectivity index (χ1v) is 9.33. The molecule has 0 amide bonds. The lowest BCUT2D eigenvalue weighted by molar-refractivity contribution is -0.106. The van der Waals surface area contributed by atoms with Crippen molar-refractivity contribution in [2.45, 2.75) is 96.7 Å². The Bertz CT molecular complexity index is 367. The maximum Gasteiger partial charge on any atom is 0.0729 e. The number of fused-ring (bicyclic) bond motifs is 1. The van der Waals surface area contributed by atoms with E-state index in [1.807, 2.05) is 0 Å². The molecule has 122 valence electrons. The van der Waals surface area contributed by atoms with Crippen molar-refractivity contribution in [3.05, 3.63) is 0 Å². The largest absolute Gasteiger partial charge is 0.375 e. The molecule has 21 heavy (non-hydrogen) atoms. The van der Waals surface area contributed by atoms with E-state index in [4.69, 9.17) is 4.74 Å². The van der Waals surface area contributed by atoms with Crippen molar-refractivity contribution in [2.24, 2.45) is 17.3 Å². The van der Waals surface area contributed by atoms with Gasteiger partial charge >= 0.3 is 0 Å². The third-order valence-corrected chi connectivity index (χ3v) is 6.96. The van der Waals surface area contributed by atoms with Gasteiger partial charge < -0.3 is 10.1 Å². The predicted octanol–water partition coefficient (Wildman–Crippen LogP) is 4.53. The van der Waals surface area contributed by atoms with Crippen LogP contribution in [0.4, 0.5) is 0 Å². The Morgan fingerprint density at radius 3 is 2.76 bits per heavy atom. The lowest BCUT2D eigenvalue weighted by atomic mass is 9.66. The molecule has 2 nitrogen and oxygen atoms in total. The maximum absolute atomic E-state index is 6.36. The molecule has 0 bridgehead atoms. The van der Waals surface area contributed by atoms with Gasteiger partial charge in [-0.1, -0.05) is 47.0 Å². The van der Waals surface area contributed by atoms with Crippen molar-refractivity contribution in [3.63, 3.8) is 0 Å². The Balaban J connectivity index is 1.68. The molecule has 2 saturated carbocycles. The fourth-order valence-electron chi connectivity index (χ4n) is 5.12. The molecule has 1 N–H and O–H groups in total. The molecule has 1 heterocycles. The summed E-state index contributed by atoms with van der Waals surface area (Å²) in [5.74, 6) is 1.72. The zero-order valence-corrected chi connectivity index (χ0v) is 14.6. The molecule has 0 radical (unpaired) electrons. The summed E-state index contributed by atoms with van der Waals surface area (Å²) in [7, 11) is 0. The third-order valence-electron chi connectivity index (χ3n) is 6.96. The van der Waals surface area contributed by atoms with E-state index in [2.05, 4.69) is 33.0 Å². The minimum absolute atomic E-state index is 0.303. The van der Waals surface area contributed by atoms with E-state index in [0.717, 1.165) is 18.4 Å². The molecular formula is C19H35NO. The number of rotatable bonds is 2. The first-order chi connectivity index (χ1) is 9.94. The monoisotopic (exact) mass is 293 g/mol. The SMILES string of the molecule is CCC(C)(C)C1CCC2OCC3(CCCC(C)C3)NC2C1. The zero-order valence-electron chi connectivity index (χ0n) is 14.6. The Morgan fingerprint density at radius 1 is 1.24 bits per heavy atom. The predicted molar refractivity (Wildman–Crippen MR) is 88.4 cm³/mol. The van der Waals surface area contributed by atoms with Crippen molar-refractivity contribution in [1.82, 2.24) is 5.32 Å². The summed E-state index contributed by atoms with van der Waals surface area (Å²) in [6.07, 6.45) is 11.1. The van der Waals surface area contributed by atoms with Crippen LogP contribution in [0, 0.1) is 17.3 Å². The molecule has 1 saturated heterocycles. The molecule has 3 aliphatic rings. The van der Waals surface area contributed by atoms with Crippen LogP contribution in [0.1, 0.15) is 79.1 Å². The first kappa shape index (κ1) is 15.8. The summed E-state index contributed by atoms with van der Waals surface area (Å²) in [4.78, 5) is 0. The minimum atomic E-state index is 0.303. The molecule has 0 aromatic heterocycles. The van der Waals surface area contributed by atoms with Crippen LogP contribution in [-0.2, 0) is 4.74 Å². The van der Waals surface area contributed by atoms with Crippen LogP contribution in [0.2, 0.25) is 0 Å². The van der Waals surface area contributed by atoms with Crippen LogP contribution in [0.3, 0.4) is 0 Å². The van der Waals surface area contributed by atoms with Crippen molar-refractivity contribution in [1.29, 1.82) is 0 Å². The van der Waals surface area contributed by atoms with Crippen LogP contribution in [-0.4, -0.2) is 24.3 Å². The van der Waals surface area contributed by atoms with Crippen LogP contribution < -0.4 is 5.32 Å². The van der Waals surface area contributed by atoms with E-state index in [1.54, 1.807) is 0 Å². The number of hydrogen-bond donors (Lipinski definition) is 1. The summed E-state index contributed by atoms with van der Waals surface area (Å²) in [5.41, 5.74) is 0.786. The topological polar surface area (TPSA) is 21.3 Å². The molecule has 3 fully saturated rings. The van der Waals surface area contributed by atoms with Crippen molar-refractivity contribution >= 4 is 0 Å². The normalized spacial score (nSPS) is 44.6. The Labute approximate surface area is 131 Å². The quantitative estimate of drug-likeness (QED) is 0.807. The van der Waals surface area contributed by atoms with Gasteiger partial charge in [-0.05, 0) is 49.4 Å². The molecule has 1 spiro atoms. The van der Waals surface area contributed by atoms with Gasteiger partial charge in [-0.3, -0.25) is 0 Å². The van der Waals surface area contributed by atoms with E-state index in [0.29, 0.717) is 23.1 Å². The van der Waals surface area contributed by atoms with Crippen LogP contribution in [0.25, 0.3) is 0 Å². The zero-order chi connectivity index (χ0) is 15.1. The number of nitrogens with one attached hydrogen (secondary N) is 1. The van der Waals surface area contributed by atoms with Crippen molar-refractivity contribution in [3.8, 4) is 0 Å². The van der Waals surface area contributed by atoms with E-state index in [1.165, 1.54) is 51.4 Å². The third kappa shape index (κ3) is 3.17. The average Bonchev–Trinajstić information content (AvgIpc) is 2.46. The van der Waals surface area contributed by atoms with Gasteiger partial charge in [0.1, 0.15) is 0 Å². The highest BCUT2D eigenvalue weighted by atomic mass is 16.5. The van der Waals surface area contributed by atoms with Gasteiger partial charge in [-0.25, -0.2) is 0 Å². The van der Waals surface area contributed by atoms with Crippen molar-refractivity contribution < 1.29 is 4.74 Å². The fraction of sp³-hybridized carbons (Fsp3) is 1.00. The Hall–Kier alpha value is -0.0800. The molecule has 3 rings (SSSR count). The van der Waals surface area contributed by atoms with Crippen LogP contribution in [0.5, 0.6) is 0 Å². The second-order valence-electron chi connectivity index (χ2n) is 8.93. The lowest BCUT2D eigenvalue weighted by Gasteiger charge is -2.53. The van der Waals surface area contributed by atoms with Gasteiger partial charge in [0.2, 0.25) is 0 Å². The minimum Gasteiger partial charge on any atom is -0.375 e. The van der Waals surface area contributed by atoms with E-state index in [-0.39, 0.29) is 0 Å². The van der Waals surface area contributed by atoms with Crippen molar-refractivity contribution in [2.75, 3.05) is 6.61 Å². The molecule has 5 atom stereocenters. The van der Waals surface area contributed by atoms with Gasteiger partial charge in [0, 0.05) is 11.6 Å². The number of ether oxygens (including phenoxy) is 1. The molecule has 0 aromatic rings. The number of hydrogen-bond acceptors (Lipinski definition) is 2. The lowest BCUT2D eigenvalue weighted by Crippen LogP contribution is -2.65. The summed E-state index contributed by atoms with van der Waals surface area (Å²) >= 11 is 0. The molecule has 2 heteroatoms. The average molecular weight is 293 g/mol. The highest BCUT2D eigenvalue weighted by Crippen LogP contribution is 2.44. The van der Waals surface area contributed by atoms with Gasteiger partial charge in [-0.2, -0.15) is 0 Å². The molecular weight excluding hydrogens is 258 g/mol. The summed E-state index contributed by atoms with van der Waals surface area (Å²) in [6.45, 7) is 10.6. The second-order valence-corrected chi connectivity index (χ2v) is 8.93. The number of morpholine rings is 1. The van der Waals surface area contributed by atoms with Gasteiger partial charge in [0.15, 0.2) is 0 Å². The highest BCUT2D eigenvalue weighted by molar-refractivity contribution is 5.03. The summed E-state index contributed by atoms with van der Waals surface area (Å²) in [6, 6.07) is 0.605.